The Kier molecular flexibility index (Phi) is 19.3. The summed E-state index contributed by atoms with van der Waals surface area (Å²) in [7, 11) is 0. The molecule has 0 bridgehead atoms. The molecule has 0 aliphatic carbocycles. The van der Waals surface area contributed by atoms with Gasteiger partial charge in [0, 0.05) is 12.4 Å². The fraction of sp³-hybridized carbons (Fsp3) is 0. The molecule has 0 aromatic carbocycles. The smallest absolute Gasteiger partial charge is 0.477 e. The Bertz CT molecular complexity index is 668. The van der Waals surface area contributed by atoms with Crippen LogP contribution in [0.15, 0.2) is 53.9 Å². The van der Waals surface area contributed by atoms with Gasteiger partial charge in [-0.25, -0.2) is 9.78 Å². The van der Waals surface area contributed by atoms with Crippen molar-refractivity contribution in [2.24, 2.45) is 5.16 Å². The molecule has 0 atom stereocenters. The number of aromatic nitrogens is 2. The maximum atomic E-state index is 10.1. The number of hydrogen-bond acceptors (Lipinski definition) is 11. The van der Waals surface area contributed by atoms with Crippen molar-refractivity contribution in [3.63, 3.8) is 0 Å². The fourth-order valence-corrected chi connectivity index (χ4v) is 1.00. The molecular formula is C12H11N5O9Zn. The van der Waals surface area contributed by atoms with Crippen LogP contribution in [-0.4, -0.2) is 42.6 Å². The number of carbonyl (C=O) groups is 1. The third-order valence-corrected chi connectivity index (χ3v) is 1.76. The number of carboxylic acid groups (broad SMARTS) is 1. The van der Waals surface area contributed by atoms with E-state index in [4.69, 9.17) is 41.0 Å². The van der Waals surface area contributed by atoms with E-state index in [1.807, 2.05) is 6.07 Å². The summed E-state index contributed by atoms with van der Waals surface area (Å²) in [6.45, 7) is 0. The number of aromatic carboxylic acids is 1. The van der Waals surface area contributed by atoms with Crippen LogP contribution in [0.3, 0.4) is 0 Å². The Balaban J connectivity index is -0.000000303. The van der Waals surface area contributed by atoms with Crippen molar-refractivity contribution in [3.8, 4) is 0 Å². The number of carboxylic acids is 1. The first-order chi connectivity index (χ1) is 12.2. The molecule has 0 aliphatic rings. The summed E-state index contributed by atoms with van der Waals surface area (Å²) in [5.74, 6) is -0.990. The van der Waals surface area contributed by atoms with Gasteiger partial charge in [-0.05, 0) is 24.3 Å². The van der Waals surface area contributed by atoms with E-state index in [9.17, 15) is 4.79 Å². The second kappa shape index (κ2) is 18.6. The molecule has 15 heteroatoms. The van der Waals surface area contributed by atoms with Gasteiger partial charge in [0.2, 0.25) is 0 Å². The van der Waals surface area contributed by atoms with E-state index >= 15 is 0 Å². The average Bonchev–Trinajstić information content (AvgIpc) is 2.56. The molecule has 14 nitrogen and oxygen atoms in total. The largest absolute Gasteiger partial charge is 2.00 e. The van der Waals surface area contributed by atoms with Crippen molar-refractivity contribution in [1.82, 2.24) is 9.97 Å². The van der Waals surface area contributed by atoms with Crippen LogP contribution in [-0.2, 0) is 19.5 Å². The predicted octanol–water partition coefficient (Wildman–Crippen LogP) is 1.19. The number of nitrogens with zero attached hydrogens (tertiary/aromatic N) is 5. The predicted molar refractivity (Wildman–Crippen MR) is 85.5 cm³/mol. The molecule has 0 spiro atoms. The van der Waals surface area contributed by atoms with Crippen LogP contribution in [0.4, 0.5) is 0 Å². The molecule has 0 aliphatic heterocycles. The Morgan fingerprint density at radius 3 is 1.67 bits per heavy atom. The molecule has 0 saturated carbocycles. The van der Waals surface area contributed by atoms with Gasteiger partial charge in [0.1, 0.15) is 5.69 Å². The number of oxime groups is 1. The summed E-state index contributed by atoms with van der Waals surface area (Å²) in [6, 6.07) is 10.1. The van der Waals surface area contributed by atoms with Crippen LogP contribution >= 0.6 is 0 Å². The van der Waals surface area contributed by atoms with Crippen molar-refractivity contribution in [3.05, 3.63) is 90.8 Å². The summed E-state index contributed by atoms with van der Waals surface area (Å²) in [5, 5.41) is 48.7. The van der Waals surface area contributed by atoms with Crippen molar-refractivity contribution >= 4 is 12.2 Å². The monoisotopic (exact) mass is 433 g/mol. The van der Waals surface area contributed by atoms with Gasteiger partial charge in [-0.3, -0.25) is 4.98 Å². The minimum absolute atomic E-state index is 0. The number of rotatable bonds is 2. The van der Waals surface area contributed by atoms with Gasteiger partial charge in [-0.2, -0.15) is 0 Å². The van der Waals surface area contributed by atoms with Crippen molar-refractivity contribution in [2.45, 2.75) is 0 Å². The van der Waals surface area contributed by atoms with Gasteiger partial charge in [-0.15, -0.1) is 0 Å². The average molecular weight is 435 g/mol. The zero-order chi connectivity index (χ0) is 20.4. The number of hydrogen-bond donors (Lipinski definition) is 2. The van der Waals surface area contributed by atoms with Crippen LogP contribution in [0.25, 0.3) is 0 Å². The van der Waals surface area contributed by atoms with Crippen molar-refractivity contribution < 1.29 is 44.8 Å². The molecule has 2 aromatic rings. The molecule has 0 amide bonds. The molecule has 140 valence electrons. The second-order valence-electron chi connectivity index (χ2n) is 3.47. The van der Waals surface area contributed by atoms with Crippen LogP contribution in [0.2, 0.25) is 0 Å². The second-order valence-corrected chi connectivity index (χ2v) is 3.47. The van der Waals surface area contributed by atoms with Gasteiger partial charge in [-0.1, -0.05) is 17.3 Å². The Morgan fingerprint density at radius 2 is 1.41 bits per heavy atom. The summed E-state index contributed by atoms with van der Waals surface area (Å²) in [6.07, 6.45) is 4.36. The molecule has 0 unspecified atom stereocenters. The molecule has 2 N–H and O–H groups in total. The summed E-state index contributed by atoms with van der Waals surface area (Å²) in [5.41, 5.74) is 0.734. The van der Waals surface area contributed by atoms with Crippen LogP contribution < -0.4 is 0 Å². The van der Waals surface area contributed by atoms with Crippen molar-refractivity contribution in [2.75, 3.05) is 0 Å². The quantitative estimate of drug-likeness (QED) is 0.224. The van der Waals surface area contributed by atoms with E-state index in [0.29, 0.717) is 5.69 Å². The van der Waals surface area contributed by atoms with Gasteiger partial charge in [0.05, 0.1) is 22.1 Å². The van der Waals surface area contributed by atoms with E-state index < -0.39 is 16.1 Å². The minimum Gasteiger partial charge on any atom is -0.477 e. The van der Waals surface area contributed by atoms with E-state index in [1.54, 1.807) is 30.5 Å². The van der Waals surface area contributed by atoms with Gasteiger partial charge < -0.3 is 41.0 Å². The Hall–Kier alpha value is -3.74. The third-order valence-electron chi connectivity index (χ3n) is 1.76. The number of pyridine rings is 2. The Morgan fingerprint density at radius 1 is 0.963 bits per heavy atom. The summed E-state index contributed by atoms with van der Waals surface area (Å²) in [4.78, 5) is 34.1. The summed E-state index contributed by atoms with van der Waals surface area (Å²) >= 11 is 0. The maximum Gasteiger partial charge on any atom is 2.00 e. The first-order valence-corrected chi connectivity index (χ1v) is 6.06. The maximum absolute atomic E-state index is 10.1. The fourth-order valence-electron chi connectivity index (χ4n) is 1.00. The first-order valence-electron chi connectivity index (χ1n) is 6.06. The van der Waals surface area contributed by atoms with Gasteiger partial charge in [0.25, 0.3) is 0 Å². The molecule has 2 rings (SSSR count). The van der Waals surface area contributed by atoms with E-state index in [1.165, 1.54) is 18.5 Å². The summed E-state index contributed by atoms with van der Waals surface area (Å²) < 4.78 is 0. The molecule has 27 heavy (non-hydrogen) atoms. The third kappa shape index (κ3) is 24.6. The molecule has 0 saturated heterocycles. The SMILES string of the molecule is O/N=C/c1ccccn1.O=C(O)c1ccccn1.O=[N+]([O-])[O-].O=[N+]([O-])[O-].[Zn+2]. The van der Waals surface area contributed by atoms with Crippen LogP contribution in [0.5, 0.6) is 0 Å². The van der Waals surface area contributed by atoms with E-state index in [-0.39, 0.29) is 25.2 Å². The standard InChI is InChI=1S/C6H6N2O.C6H5NO2.2NO3.Zn/c9-8-5-6-3-1-2-4-7-6;8-6(9)5-3-1-2-4-7-5;2*2-1(3)4;/h1-5,9H;1-4H,(H,8,9);;;/q;;2*-1;+2/b8-5+;;;;. The van der Waals surface area contributed by atoms with Crippen LogP contribution in [0.1, 0.15) is 16.2 Å². The van der Waals surface area contributed by atoms with Crippen molar-refractivity contribution in [1.29, 1.82) is 0 Å². The van der Waals surface area contributed by atoms with E-state index in [2.05, 4.69) is 15.1 Å². The zero-order valence-corrected chi connectivity index (χ0v) is 16.4. The van der Waals surface area contributed by atoms with Crippen LogP contribution in [0, 0.1) is 30.6 Å². The molecule has 0 fully saturated rings. The molecule has 0 radical (unpaired) electrons. The van der Waals surface area contributed by atoms with Gasteiger partial charge >= 0.3 is 25.4 Å². The molecule has 2 heterocycles. The first kappa shape index (κ1) is 28.1. The van der Waals surface area contributed by atoms with Gasteiger partial charge in [0.15, 0.2) is 0 Å². The normalized spacial score (nSPS) is 8.15. The molecular weight excluding hydrogens is 424 g/mol. The molecule has 2 aromatic heterocycles. The van der Waals surface area contributed by atoms with E-state index in [0.717, 1.165) is 0 Å². The topological polar surface area (TPSA) is 228 Å². The zero-order valence-electron chi connectivity index (χ0n) is 13.4. The Labute approximate surface area is 163 Å². The minimum atomic E-state index is -1.75.